The van der Waals surface area contributed by atoms with E-state index in [9.17, 15) is 9.59 Å². The molecule has 0 spiro atoms. The normalized spacial score (nSPS) is 28.9. The van der Waals surface area contributed by atoms with Crippen molar-refractivity contribution < 1.29 is 9.59 Å². The van der Waals surface area contributed by atoms with Crippen LogP contribution in [-0.4, -0.2) is 35.3 Å². The van der Waals surface area contributed by atoms with E-state index >= 15 is 0 Å². The molecule has 2 fully saturated rings. The van der Waals surface area contributed by atoms with Gasteiger partial charge in [0.15, 0.2) is 0 Å². The Bertz CT molecular complexity index is 286. The lowest BCUT2D eigenvalue weighted by Crippen LogP contribution is -2.45. The zero-order valence-corrected chi connectivity index (χ0v) is 8.03. The fourth-order valence-corrected chi connectivity index (χ4v) is 1.84. The zero-order chi connectivity index (χ0) is 10.3. The molecule has 14 heavy (non-hydrogen) atoms. The standard InChI is InChI=1S/C9H15N3O2/c10-7(13)6-1-4-12(5-6)8(14)9(11)2-3-9/h6H,1-5,11H2,(H2,10,13). The van der Waals surface area contributed by atoms with Crippen molar-refractivity contribution in [2.45, 2.75) is 24.8 Å². The number of carbonyl (C=O) groups is 2. The van der Waals surface area contributed by atoms with Crippen LogP contribution in [0.5, 0.6) is 0 Å². The van der Waals surface area contributed by atoms with Gasteiger partial charge in [-0.25, -0.2) is 0 Å². The van der Waals surface area contributed by atoms with Gasteiger partial charge in [0, 0.05) is 13.1 Å². The van der Waals surface area contributed by atoms with Gasteiger partial charge in [0.05, 0.1) is 11.5 Å². The number of nitrogens with zero attached hydrogens (tertiary/aromatic N) is 1. The van der Waals surface area contributed by atoms with E-state index in [-0.39, 0.29) is 17.7 Å². The summed E-state index contributed by atoms with van der Waals surface area (Å²) < 4.78 is 0. The summed E-state index contributed by atoms with van der Waals surface area (Å²) in [5.74, 6) is -0.510. The maximum absolute atomic E-state index is 11.7. The molecule has 0 aromatic carbocycles. The lowest BCUT2D eigenvalue weighted by molar-refractivity contribution is -0.132. The summed E-state index contributed by atoms with van der Waals surface area (Å²) in [7, 11) is 0. The van der Waals surface area contributed by atoms with Crippen molar-refractivity contribution in [2.24, 2.45) is 17.4 Å². The molecule has 1 unspecified atom stereocenters. The Hall–Kier alpha value is -1.10. The topological polar surface area (TPSA) is 89.4 Å². The highest BCUT2D eigenvalue weighted by molar-refractivity contribution is 5.90. The first-order valence-electron chi connectivity index (χ1n) is 4.90. The number of amides is 2. The number of nitrogens with two attached hydrogens (primary N) is 2. The number of carbonyl (C=O) groups excluding carboxylic acids is 2. The summed E-state index contributed by atoms with van der Waals surface area (Å²) in [6.07, 6.45) is 2.21. The van der Waals surface area contributed by atoms with Gasteiger partial charge in [0.1, 0.15) is 0 Å². The maximum Gasteiger partial charge on any atom is 0.242 e. The minimum absolute atomic E-state index is 0.0127. The van der Waals surface area contributed by atoms with E-state index in [1.807, 2.05) is 0 Å². The van der Waals surface area contributed by atoms with E-state index in [0.717, 1.165) is 12.8 Å². The molecule has 78 valence electrons. The van der Waals surface area contributed by atoms with Crippen molar-refractivity contribution in [1.29, 1.82) is 0 Å². The molecule has 1 atom stereocenters. The lowest BCUT2D eigenvalue weighted by atomic mass is 10.1. The van der Waals surface area contributed by atoms with Crippen molar-refractivity contribution in [3.63, 3.8) is 0 Å². The predicted molar refractivity (Wildman–Crippen MR) is 50.0 cm³/mol. The van der Waals surface area contributed by atoms with Gasteiger partial charge in [-0.15, -0.1) is 0 Å². The number of hydrogen-bond acceptors (Lipinski definition) is 3. The molecule has 2 rings (SSSR count). The fraction of sp³-hybridized carbons (Fsp3) is 0.778. The van der Waals surface area contributed by atoms with Crippen LogP contribution in [-0.2, 0) is 9.59 Å². The third-order valence-electron chi connectivity index (χ3n) is 3.09. The fourth-order valence-electron chi connectivity index (χ4n) is 1.84. The summed E-state index contributed by atoms with van der Waals surface area (Å²) in [5, 5.41) is 0. The van der Waals surface area contributed by atoms with Crippen LogP contribution < -0.4 is 11.5 Å². The average Bonchev–Trinajstić information content (AvgIpc) is 2.69. The van der Waals surface area contributed by atoms with Gasteiger partial charge in [-0.05, 0) is 19.3 Å². The van der Waals surface area contributed by atoms with Gasteiger partial charge in [-0.3, -0.25) is 9.59 Å². The molecular weight excluding hydrogens is 182 g/mol. The second-order valence-corrected chi connectivity index (χ2v) is 4.30. The summed E-state index contributed by atoms with van der Waals surface area (Å²) in [6, 6.07) is 0. The van der Waals surface area contributed by atoms with Crippen LogP contribution in [0.1, 0.15) is 19.3 Å². The van der Waals surface area contributed by atoms with Crippen molar-refractivity contribution >= 4 is 11.8 Å². The van der Waals surface area contributed by atoms with Gasteiger partial charge in [0.25, 0.3) is 0 Å². The monoisotopic (exact) mass is 197 g/mol. The second-order valence-electron chi connectivity index (χ2n) is 4.30. The highest BCUT2D eigenvalue weighted by Crippen LogP contribution is 2.35. The first-order valence-corrected chi connectivity index (χ1v) is 4.90. The van der Waals surface area contributed by atoms with Gasteiger partial charge in [-0.2, -0.15) is 0 Å². The van der Waals surface area contributed by atoms with Crippen LogP contribution in [0, 0.1) is 5.92 Å². The van der Waals surface area contributed by atoms with E-state index in [0.29, 0.717) is 19.5 Å². The maximum atomic E-state index is 11.7. The van der Waals surface area contributed by atoms with Gasteiger partial charge in [-0.1, -0.05) is 0 Å². The smallest absolute Gasteiger partial charge is 0.242 e. The third-order valence-corrected chi connectivity index (χ3v) is 3.09. The van der Waals surface area contributed by atoms with Crippen LogP contribution in [0.2, 0.25) is 0 Å². The summed E-state index contributed by atoms with van der Waals surface area (Å²) >= 11 is 0. The molecule has 2 amide bonds. The van der Waals surface area contributed by atoms with Crippen molar-refractivity contribution in [3.05, 3.63) is 0 Å². The van der Waals surface area contributed by atoms with Crippen molar-refractivity contribution in [1.82, 2.24) is 4.90 Å². The molecular formula is C9H15N3O2. The largest absolute Gasteiger partial charge is 0.369 e. The molecule has 0 radical (unpaired) electrons. The molecule has 4 N–H and O–H groups in total. The van der Waals surface area contributed by atoms with Gasteiger partial charge in [0.2, 0.25) is 11.8 Å². The van der Waals surface area contributed by atoms with Crippen molar-refractivity contribution in [2.75, 3.05) is 13.1 Å². The van der Waals surface area contributed by atoms with Crippen LogP contribution in [0.4, 0.5) is 0 Å². The van der Waals surface area contributed by atoms with E-state index < -0.39 is 5.54 Å². The molecule has 0 aromatic rings. The van der Waals surface area contributed by atoms with E-state index in [4.69, 9.17) is 11.5 Å². The van der Waals surface area contributed by atoms with Gasteiger partial charge < -0.3 is 16.4 Å². The molecule has 5 heteroatoms. The Balaban J connectivity index is 1.95. The van der Waals surface area contributed by atoms with Crippen LogP contribution in [0.15, 0.2) is 0 Å². The van der Waals surface area contributed by atoms with Crippen molar-refractivity contribution in [3.8, 4) is 0 Å². The molecule has 1 saturated heterocycles. The highest BCUT2D eigenvalue weighted by atomic mass is 16.2. The third kappa shape index (κ3) is 1.48. The van der Waals surface area contributed by atoms with Crippen LogP contribution >= 0.6 is 0 Å². The Morgan fingerprint density at radius 3 is 2.43 bits per heavy atom. The minimum atomic E-state index is -0.619. The summed E-state index contributed by atoms with van der Waals surface area (Å²) in [6.45, 7) is 1.07. The lowest BCUT2D eigenvalue weighted by Gasteiger charge is -2.19. The Morgan fingerprint density at radius 2 is 2.00 bits per heavy atom. The molecule has 5 nitrogen and oxygen atoms in total. The molecule has 1 aliphatic carbocycles. The first-order chi connectivity index (χ1) is 6.53. The second kappa shape index (κ2) is 2.95. The molecule has 0 bridgehead atoms. The predicted octanol–water partition coefficient (Wildman–Crippen LogP) is -1.19. The summed E-state index contributed by atoms with van der Waals surface area (Å²) in [5.41, 5.74) is 10.3. The van der Waals surface area contributed by atoms with E-state index in [1.165, 1.54) is 0 Å². The van der Waals surface area contributed by atoms with E-state index in [2.05, 4.69) is 0 Å². The number of hydrogen-bond donors (Lipinski definition) is 2. The molecule has 0 aromatic heterocycles. The van der Waals surface area contributed by atoms with E-state index in [1.54, 1.807) is 4.90 Å². The Morgan fingerprint density at radius 1 is 1.36 bits per heavy atom. The molecule has 1 saturated carbocycles. The minimum Gasteiger partial charge on any atom is -0.369 e. The van der Waals surface area contributed by atoms with Crippen LogP contribution in [0.25, 0.3) is 0 Å². The number of likely N-dealkylation sites (tertiary alicyclic amines) is 1. The summed E-state index contributed by atoms with van der Waals surface area (Å²) in [4.78, 5) is 24.3. The molecule has 1 aliphatic heterocycles. The number of primary amides is 1. The highest BCUT2D eigenvalue weighted by Gasteiger charge is 2.49. The Kier molecular flexibility index (Phi) is 1.99. The quantitative estimate of drug-likeness (QED) is 0.583. The van der Waals surface area contributed by atoms with Crippen LogP contribution in [0.3, 0.4) is 0 Å². The number of rotatable bonds is 2. The zero-order valence-electron chi connectivity index (χ0n) is 8.03. The van der Waals surface area contributed by atoms with Gasteiger partial charge >= 0.3 is 0 Å². The Labute approximate surface area is 82.4 Å². The molecule has 2 aliphatic rings. The SMILES string of the molecule is NC(=O)C1CCN(C(=O)C2(N)CC2)C1. The molecule has 1 heterocycles. The average molecular weight is 197 g/mol. The first kappa shape index (κ1) is 9.45.